The quantitative estimate of drug-likeness (QED) is 0.421. The van der Waals surface area contributed by atoms with Crippen LogP contribution in [0.4, 0.5) is 0 Å². The van der Waals surface area contributed by atoms with Crippen molar-refractivity contribution >= 4 is 35.5 Å². The zero-order valence-electron chi connectivity index (χ0n) is 6.03. The molecular weight excluding hydrogens is 184 g/mol. The van der Waals surface area contributed by atoms with E-state index in [0.717, 1.165) is 0 Å². The van der Waals surface area contributed by atoms with E-state index in [1.165, 1.54) is 23.5 Å². The van der Waals surface area contributed by atoms with Crippen molar-refractivity contribution in [1.29, 1.82) is 0 Å². The molecular formula is C6H8O3S2. The minimum Gasteiger partial charge on any atom is -0.392 e. The zero-order valence-corrected chi connectivity index (χ0v) is 7.67. The Morgan fingerprint density at radius 2 is 1.73 bits per heavy atom. The summed E-state index contributed by atoms with van der Waals surface area (Å²) in [5, 5.41) is 0. The molecule has 0 aromatic heterocycles. The summed E-state index contributed by atoms with van der Waals surface area (Å²) >= 11 is 3.00. The number of esters is 2. The van der Waals surface area contributed by atoms with Gasteiger partial charge in [-0.05, 0) is 6.92 Å². The fraction of sp³-hybridized carbons (Fsp3) is 0.667. The first-order valence-electron chi connectivity index (χ1n) is 3.15. The van der Waals surface area contributed by atoms with Crippen LogP contribution >= 0.6 is 23.5 Å². The zero-order chi connectivity index (χ0) is 8.27. The van der Waals surface area contributed by atoms with Gasteiger partial charge in [-0.1, -0.05) is 0 Å². The predicted octanol–water partition coefficient (Wildman–Crippen LogP) is 0.882. The van der Waals surface area contributed by atoms with Crippen molar-refractivity contribution in [2.75, 3.05) is 11.5 Å². The molecule has 0 atom stereocenters. The maximum absolute atomic E-state index is 10.7. The highest BCUT2D eigenvalue weighted by molar-refractivity contribution is 8.17. The number of ether oxygens (including phenoxy) is 1. The third-order valence-corrected chi connectivity index (χ3v) is 3.66. The maximum Gasteiger partial charge on any atom is 0.323 e. The van der Waals surface area contributed by atoms with E-state index in [2.05, 4.69) is 4.74 Å². The number of carbonyl (C=O) groups excluding carboxylic acids is 2. The summed E-state index contributed by atoms with van der Waals surface area (Å²) in [7, 11) is 0. The third-order valence-electron chi connectivity index (χ3n) is 1.10. The lowest BCUT2D eigenvalue weighted by Crippen LogP contribution is -2.20. The Morgan fingerprint density at radius 1 is 1.27 bits per heavy atom. The van der Waals surface area contributed by atoms with Crippen LogP contribution in [0.5, 0.6) is 0 Å². The molecule has 0 unspecified atom stereocenters. The molecule has 1 saturated heterocycles. The van der Waals surface area contributed by atoms with Gasteiger partial charge in [0.05, 0.1) is 11.5 Å². The van der Waals surface area contributed by atoms with Gasteiger partial charge in [0.1, 0.15) is 0 Å². The molecule has 11 heavy (non-hydrogen) atoms. The minimum absolute atomic E-state index is 0.278. The second-order valence-electron chi connectivity index (χ2n) is 2.04. The van der Waals surface area contributed by atoms with Crippen molar-refractivity contribution in [3.63, 3.8) is 0 Å². The maximum atomic E-state index is 10.7. The van der Waals surface area contributed by atoms with E-state index in [9.17, 15) is 9.59 Å². The molecule has 1 fully saturated rings. The number of thioether (sulfide) groups is 2. The van der Waals surface area contributed by atoms with Gasteiger partial charge in [0.25, 0.3) is 0 Å². The Hall–Kier alpha value is -0.160. The Bertz CT molecular complexity index is 163. The summed E-state index contributed by atoms with van der Waals surface area (Å²) in [5.41, 5.74) is 0. The average Bonchev–Trinajstić information content (AvgIpc) is 1.95. The topological polar surface area (TPSA) is 43.4 Å². The van der Waals surface area contributed by atoms with Crippen LogP contribution in [-0.2, 0) is 14.3 Å². The average molecular weight is 192 g/mol. The molecule has 62 valence electrons. The van der Waals surface area contributed by atoms with Crippen LogP contribution in [-0.4, -0.2) is 28.0 Å². The van der Waals surface area contributed by atoms with Gasteiger partial charge in [0, 0.05) is 4.58 Å². The summed E-state index contributed by atoms with van der Waals surface area (Å²) in [5.74, 6) is -0.292. The van der Waals surface area contributed by atoms with Gasteiger partial charge in [-0.15, -0.1) is 23.5 Å². The third kappa shape index (κ3) is 3.16. The van der Waals surface area contributed by atoms with Crippen LogP contribution < -0.4 is 0 Å². The van der Waals surface area contributed by atoms with Gasteiger partial charge >= 0.3 is 11.9 Å². The standard InChI is InChI=1S/C6H8O3S2/c1-4-10-2-5(7)9-6(8)3-11-4/h4H,2-3H2,1H3. The van der Waals surface area contributed by atoms with Crippen molar-refractivity contribution in [2.24, 2.45) is 0 Å². The molecule has 0 saturated carbocycles. The Kier molecular flexibility index (Phi) is 3.26. The van der Waals surface area contributed by atoms with Crippen molar-refractivity contribution in [2.45, 2.75) is 11.5 Å². The highest BCUT2D eigenvalue weighted by Crippen LogP contribution is 2.24. The van der Waals surface area contributed by atoms with Gasteiger partial charge in [-0.3, -0.25) is 9.59 Å². The Labute approximate surface area is 73.2 Å². The van der Waals surface area contributed by atoms with E-state index in [1.54, 1.807) is 0 Å². The molecule has 1 aliphatic heterocycles. The normalized spacial score (nSPS) is 22.3. The second-order valence-corrected chi connectivity index (χ2v) is 4.99. The Morgan fingerprint density at radius 3 is 2.18 bits per heavy atom. The number of hydrogen-bond donors (Lipinski definition) is 0. The molecule has 0 radical (unpaired) electrons. The molecule has 3 nitrogen and oxygen atoms in total. The first-order chi connectivity index (χ1) is 5.18. The molecule has 1 rings (SSSR count). The lowest BCUT2D eigenvalue weighted by molar-refractivity contribution is -0.155. The van der Waals surface area contributed by atoms with Crippen molar-refractivity contribution in [3.05, 3.63) is 0 Å². The lowest BCUT2D eigenvalue weighted by Gasteiger charge is -2.12. The first kappa shape index (κ1) is 8.93. The minimum atomic E-state index is -0.424. The largest absolute Gasteiger partial charge is 0.392 e. The van der Waals surface area contributed by atoms with Crippen LogP contribution in [0.15, 0.2) is 0 Å². The van der Waals surface area contributed by atoms with Gasteiger partial charge in [0.15, 0.2) is 0 Å². The number of carbonyl (C=O) groups is 2. The summed E-state index contributed by atoms with van der Waals surface area (Å²) in [6, 6.07) is 0. The monoisotopic (exact) mass is 192 g/mol. The van der Waals surface area contributed by atoms with E-state index in [-0.39, 0.29) is 11.5 Å². The van der Waals surface area contributed by atoms with E-state index < -0.39 is 11.9 Å². The van der Waals surface area contributed by atoms with Crippen molar-refractivity contribution in [3.8, 4) is 0 Å². The first-order valence-corrected chi connectivity index (χ1v) is 5.25. The van der Waals surface area contributed by atoms with Crippen LogP contribution in [0.25, 0.3) is 0 Å². The van der Waals surface area contributed by atoms with Crippen LogP contribution in [0.2, 0.25) is 0 Å². The van der Waals surface area contributed by atoms with E-state index in [1.807, 2.05) is 6.92 Å². The highest BCUT2D eigenvalue weighted by Gasteiger charge is 2.17. The summed E-state index contributed by atoms with van der Waals surface area (Å²) < 4.78 is 4.72. The van der Waals surface area contributed by atoms with Gasteiger partial charge in [-0.2, -0.15) is 0 Å². The number of hydrogen-bond acceptors (Lipinski definition) is 5. The van der Waals surface area contributed by atoms with Crippen LogP contribution in [0, 0.1) is 0 Å². The SMILES string of the molecule is CC1SCC(=O)OC(=O)CS1. The van der Waals surface area contributed by atoms with Crippen molar-refractivity contribution < 1.29 is 14.3 Å². The molecule has 0 bridgehead atoms. The smallest absolute Gasteiger partial charge is 0.323 e. The van der Waals surface area contributed by atoms with Gasteiger partial charge in [0.2, 0.25) is 0 Å². The molecule has 0 amide bonds. The van der Waals surface area contributed by atoms with E-state index in [0.29, 0.717) is 4.58 Å². The lowest BCUT2D eigenvalue weighted by atomic mass is 10.7. The van der Waals surface area contributed by atoms with Crippen molar-refractivity contribution in [1.82, 2.24) is 0 Å². The fourth-order valence-electron chi connectivity index (χ4n) is 0.605. The summed E-state index contributed by atoms with van der Waals surface area (Å²) in [4.78, 5) is 21.4. The second kappa shape index (κ2) is 4.01. The van der Waals surface area contributed by atoms with Gasteiger partial charge in [-0.25, -0.2) is 0 Å². The number of rotatable bonds is 0. The van der Waals surface area contributed by atoms with E-state index >= 15 is 0 Å². The summed E-state index contributed by atoms with van der Waals surface area (Å²) in [6.07, 6.45) is 0. The van der Waals surface area contributed by atoms with Gasteiger partial charge < -0.3 is 4.74 Å². The van der Waals surface area contributed by atoms with E-state index in [4.69, 9.17) is 0 Å². The molecule has 1 heterocycles. The fourth-order valence-corrected chi connectivity index (χ4v) is 2.26. The molecule has 1 aliphatic rings. The van der Waals surface area contributed by atoms with Crippen LogP contribution in [0.3, 0.4) is 0 Å². The molecule has 5 heteroatoms. The summed E-state index contributed by atoms with van der Waals surface area (Å²) in [6.45, 7) is 1.97. The molecule has 0 spiro atoms. The molecule has 0 aromatic carbocycles. The molecule has 0 aliphatic carbocycles. The van der Waals surface area contributed by atoms with Crippen LogP contribution in [0.1, 0.15) is 6.92 Å². The Balaban J connectivity index is 2.47. The molecule has 0 aromatic rings. The number of cyclic esters (lactones) is 2. The highest BCUT2D eigenvalue weighted by atomic mass is 32.2. The predicted molar refractivity (Wildman–Crippen MR) is 45.5 cm³/mol. The molecule has 0 N–H and O–H groups in total.